The lowest BCUT2D eigenvalue weighted by molar-refractivity contribution is 0.0122. The smallest absolute Gasteiger partial charge is 0.196 e. The minimum Gasteiger partial charge on any atom is -0.299 e. The molecule has 0 amide bonds. The molecule has 1 atom stereocenters. The van der Waals surface area contributed by atoms with Gasteiger partial charge in [0.2, 0.25) is 0 Å². The number of halogens is 1. The molecule has 1 aromatic rings. The van der Waals surface area contributed by atoms with Crippen LogP contribution in [0.4, 0.5) is 0 Å². The molecule has 0 aliphatic carbocycles. The van der Waals surface area contributed by atoms with Crippen molar-refractivity contribution in [3.05, 3.63) is 16.1 Å². The van der Waals surface area contributed by atoms with Crippen LogP contribution in [0.3, 0.4) is 0 Å². The molecule has 4 nitrogen and oxygen atoms in total. The summed E-state index contributed by atoms with van der Waals surface area (Å²) in [6, 6.07) is 0.374. The molecule has 0 spiro atoms. The van der Waals surface area contributed by atoms with Gasteiger partial charge in [0.25, 0.3) is 0 Å². The maximum atomic E-state index is 11.5. The Bertz CT molecular complexity index is 428. The van der Waals surface area contributed by atoms with Crippen LogP contribution in [0.5, 0.6) is 0 Å². The first-order valence-corrected chi connectivity index (χ1v) is 7.20. The third kappa shape index (κ3) is 2.12. The standard InChI is InChI=1S/C11H14ClN3OS/c12-5-10(16)8-7-17-11(13-8)9-6-14-1-3-15(9)4-2-14/h7,9H,1-6H2. The second kappa shape index (κ2) is 4.65. The fourth-order valence-electron chi connectivity index (χ4n) is 2.49. The number of rotatable bonds is 3. The number of Topliss-reactive ketones (excluding diaryl/α,β-unsaturated/α-hetero) is 1. The molecule has 2 bridgehead atoms. The zero-order chi connectivity index (χ0) is 11.8. The Kier molecular flexibility index (Phi) is 3.17. The molecule has 3 saturated heterocycles. The number of piperazine rings is 3. The number of hydrogen-bond donors (Lipinski definition) is 0. The summed E-state index contributed by atoms with van der Waals surface area (Å²) >= 11 is 7.12. The minimum atomic E-state index is -0.0783. The highest BCUT2D eigenvalue weighted by Gasteiger charge is 2.34. The molecule has 6 heteroatoms. The Hall–Kier alpha value is -0.490. The summed E-state index contributed by atoms with van der Waals surface area (Å²) < 4.78 is 0. The lowest BCUT2D eigenvalue weighted by Gasteiger charge is -2.46. The van der Waals surface area contributed by atoms with Crippen LogP contribution in [0, 0.1) is 0 Å². The van der Waals surface area contributed by atoms with Gasteiger partial charge in [-0.2, -0.15) is 0 Å². The highest BCUT2D eigenvalue weighted by atomic mass is 35.5. The Labute approximate surface area is 109 Å². The molecule has 0 aromatic carbocycles. The van der Waals surface area contributed by atoms with Crippen LogP contribution in [0.2, 0.25) is 0 Å². The molecule has 92 valence electrons. The number of hydrogen-bond acceptors (Lipinski definition) is 5. The number of alkyl halides is 1. The largest absolute Gasteiger partial charge is 0.299 e. The number of carbonyl (C=O) groups is 1. The van der Waals surface area contributed by atoms with Crippen molar-refractivity contribution < 1.29 is 4.79 Å². The molecule has 0 saturated carbocycles. The molecule has 3 aliphatic heterocycles. The van der Waals surface area contributed by atoms with Crippen molar-refractivity contribution in [2.45, 2.75) is 6.04 Å². The summed E-state index contributed by atoms with van der Waals surface area (Å²) in [5, 5.41) is 2.89. The van der Waals surface area contributed by atoms with Gasteiger partial charge in [0.15, 0.2) is 5.78 Å². The van der Waals surface area contributed by atoms with Crippen molar-refractivity contribution in [1.82, 2.24) is 14.8 Å². The number of aromatic nitrogens is 1. The van der Waals surface area contributed by atoms with Crippen LogP contribution < -0.4 is 0 Å². The monoisotopic (exact) mass is 271 g/mol. The maximum absolute atomic E-state index is 11.5. The van der Waals surface area contributed by atoms with Crippen LogP contribution in [-0.2, 0) is 0 Å². The van der Waals surface area contributed by atoms with E-state index < -0.39 is 0 Å². The number of carbonyl (C=O) groups excluding carboxylic acids is 1. The van der Waals surface area contributed by atoms with Crippen molar-refractivity contribution in [3.63, 3.8) is 0 Å². The second-order valence-corrected chi connectivity index (χ2v) is 5.64. The average Bonchev–Trinajstić information content (AvgIpc) is 2.88. The molecule has 0 radical (unpaired) electrons. The SMILES string of the molecule is O=C(CCl)c1csc(C2CN3CCN2CC3)n1. The summed E-state index contributed by atoms with van der Waals surface area (Å²) in [4.78, 5) is 20.8. The molecule has 4 rings (SSSR count). The normalized spacial score (nSPS) is 31.7. The van der Waals surface area contributed by atoms with Crippen LogP contribution in [-0.4, -0.2) is 59.2 Å². The van der Waals surface area contributed by atoms with Gasteiger partial charge in [-0.05, 0) is 0 Å². The molecule has 3 fully saturated rings. The second-order valence-electron chi connectivity index (χ2n) is 4.48. The van der Waals surface area contributed by atoms with Gasteiger partial charge in [-0.3, -0.25) is 14.6 Å². The third-order valence-corrected chi connectivity index (χ3v) is 4.68. The van der Waals surface area contributed by atoms with Crippen LogP contribution >= 0.6 is 22.9 Å². The van der Waals surface area contributed by atoms with E-state index in [2.05, 4.69) is 14.8 Å². The Morgan fingerprint density at radius 1 is 1.47 bits per heavy atom. The number of nitrogens with zero attached hydrogens (tertiary/aromatic N) is 3. The Balaban J connectivity index is 1.80. The fourth-order valence-corrected chi connectivity index (χ4v) is 3.57. The van der Waals surface area contributed by atoms with E-state index >= 15 is 0 Å². The van der Waals surface area contributed by atoms with E-state index in [1.165, 1.54) is 0 Å². The molecule has 0 N–H and O–H groups in total. The summed E-state index contributed by atoms with van der Waals surface area (Å²) in [5.41, 5.74) is 0.526. The van der Waals surface area contributed by atoms with E-state index in [1.54, 1.807) is 11.3 Å². The minimum absolute atomic E-state index is 0.0175. The summed E-state index contributed by atoms with van der Waals surface area (Å²) in [7, 11) is 0. The van der Waals surface area contributed by atoms with E-state index in [9.17, 15) is 4.79 Å². The van der Waals surface area contributed by atoms with Gasteiger partial charge in [0.05, 0.1) is 11.9 Å². The topological polar surface area (TPSA) is 36.4 Å². The summed E-state index contributed by atoms with van der Waals surface area (Å²) in [6.07, 6.45) is 0. The van der Waals surface area contributed by atoms with Gasteiger partial charge in [0, 0.05) is 38.1 Å². The fraction of sp³-hybridized carbons (Fsp3) is 0.636. The number of fused-ring (bicyclic) bond motifs is 3. The summed E-state index contributed by atoms with van der Waals surface area (Å²) in [5.74, 6) is -0.0608. The highest BCUT2D eigenvalue weighted by Crippen LogP contribution is 2.30. The van der Waals surface area contributed by atoms with Gasteiger partial charge < -0.3 is 0 Å². The maximum Gasteiger partial charge on any atom is 0.196 e. The molecule has 3 aliphatic rings. The number of thiazole rings is 1. The van der Waals surface area contributed by atoms with Crippen molar-refractivity contribution in [1.29, 1.82) is 0 Å². The quantitative estimate of drug-likeness (QED) is 0.612. The first-order chi connectivity index (χ1) is 8.28. The lowest BCUT2D eigenvalue weighted by atomic mass is 10.1. The summed E-state index contributed by atoms with van der Waals surface area (Å²) in [6.45, 7) is 5.60. The highest BCUT2D eigenvalue weighted by molar-refractivity contribution is 7.10. The predicted octanol–water partition coefficient (Wildman–Crippen LogP) is 1.24. The van der Waals surface area contributed by atoms with Gasteiger partial charge in [0.1, 0.15) is 10.7 Å². The molecule has 1 aromatic heterocycles. The van der Waals surface area contributed by atoms with Crippen molar-refractivity contribution >= 4 is 28.7 Å². The Morgan fingerprint density at radius 3 is 2.82 bits per heavy atom. The molecular formula is C11H14ClN3OS. The molecule has 17 heavy (non-hydrogen) atoms. The van der Waals surface area contributed by atoms with Crippen LogP contribution in [0.15, 0.2) is 5.38 Å². The van der Waals surface area contributed by atoms with E-state index in [-0.39, 0.29) is 11.7 Å². The molecule has 1 unspecified atom stereocenters. The average molecular weight is 272 g/mol. The number of ketones is 1. The Morgan fingerprint density at radius 2 is 2.24 bits per heavy atom. The molecule has 4 heterocycles. The van der Waals surface area contributed by atoms with Gasteiger partial charge >= 0.3 is 0 Å². The van der Waals surface area contributed by atoms with Crippen LogP contribution in [0.1, 0.15) is 21.5 Å². The third-order valence-electron chi connectivity index (χ3n) is 3.49. The van der Waals surface area contributed by atoms with Crippen LogP contribution in [0.25, 0.3) is 0 Å². The van der Waals surface area contributed by atoms with Gasteiger partial charge in [-0.25, -0.2) is 4.98 Å². The van der Waals surface area contributed by atoms with E-state index in [4.69, 9.17) is 11.6 Å². The van der Waals surface area contributed by atoms with E-state index in [0.29, 0.717) is 11.7 Å². The lowest BCUT2D eigenvalue weighted by Crippen LogP contribution is -2.56. The van der Waals surface area contributed by atoms with Gasteiger partial charge in [-0.1, -0.05) is 0 Å². The zero-order valence-electron chi connectivity index (χ0n) is 9.43. The first-order valence-electron chi connectivity index (χ1n) is 5.79. The predicted molar refractivity (Wildman–Crippen MR) is 67.9 cm³/mol. The van der Waals surface area contributed by atoms with E-state index in [1.807, 2.05) is 5.38 Å². The van der Waals surface area contributed by atoms with Gasteiger partial charge in [-0.15, -0.1) is 22.9 Å². The van der Waals surface area contributed by atoms with E-state index in [0.717, 1.165) is 37.7 Å². The van der Waals surface area contributed by atoms with Crippen molar-refractivity contribution in [2.24, 2.45) is 0 Å². The molecular weight excluding hydrogens is 258 g/mol. The zero-order valence-corrected chi connectivity index (χ0v) is 11.0. The first kappa shape index (κ1) is 11.6. The van der Waals surface area contributed by atoms with Crippen molar-refractivity contribution in [2.75, 3.05) is 38.6 Å². The van der Waals surface area contributed by atoms with Crippen molar-refractivity contribution in [3.8, 4) is 0 Å².